The van der Waals surface area contributed by atoms with Gasteiger partial charge in [0.1, 0.15) is 11.3 Å². The summed E-state index contributed by atoms with van der Waals surface area (Å²) in [5, 5.41) is 0. The summed E-state index contributed by atoms with van der Waals surface area (Å²) in [5.41, 5.74) is 1.38. The lowest BCUT2D eigenvalue weighted by molar-refractivity contribution is -0.208. The van der Waals surface area contributed by atoms with Crippen LogP contribution in [0.3, 0.4) is 0 Å². The van der Waals surface area contributed by atoms with Gasteiger partial charge in [0.2, 0.25) is 5.79 Å². The summed E-state index contributed by atoms with van der Waals surface area (Å²) in [4.78, 5) is 12.0. The first-order valence-electron chi connectivity index (χ1n) is 5.87. The van der Waals surface area contributed by atoms with Gasteiger partial charge in [-0.3, -0.25) is 0 Å². The van der Waals surface area contributed by atoms with Gasteiger partial charge in [-0.25, -0.2) is 4.79 Å². The van der Waals surface area contributed by atoms with E-state index in [0.29, 0.717) is 11.3 Å². The Morgan fingerprint density at radius 1 is 1.11 bits per heavy atom. The van der Waals surface area contributed by atoms with Gasteiger partial charge >= 0.3 is 5.97 Å². The molecule has 1 aromatic rings. The van der Waals surface area contributed by atoms with Crippen molar-refractivity contribution in [3.05, 3.63) is 53.3 Å². The Morgan fingerprint density at radius 2 is 1.78 bits per heavy atom. The average Bonchev–Trinajstić information content (AvgIpc) is 2.33. The second kappa shape index (κ2) is 4.69. The van der Waals surface area contributed by atoms with Crippen molar-refractivity contribution in [3.8, 4) is 0 Å². The standard InChI is InChI=1S/C15H16O3/c1-4-13-12(10-11-8-6-5-7-9-11)14(16)18-15(2,3)17-13/h4-10H,1-3H3/b12-10-,13-4-. The highest BCUT2D eigenvalue weighted by atomic mass is 16.7. The normalized spacial score (nSPS) is 22.7. The number of benzene rings is 1. The molecule has 3 nitrogen and oxygen atoms in total. The zero-order chi connectivity index (χ0) is 13.2. The number of hydrogen-bond acceptors (Lipinski definition) is 3. The summed E-state index contributed by atoms with van der Waals surface area (Å²) in [5.74, 6) is -0.712. The third kappa shape index (κ3) is 2.62. The highest BCUT2D eigenvalue weighted by Gasteiger charge is 2.35. The van der Waals surface area contributed by atoms with Crippen LogP contribution in [0.15, 0.2) is 47.7 Å². The molecule has 0 aliphatic carbocycles. The van der Waals surface area contributed by atoms with Crippen molar-refractivity contribution < 1.29 is 14.3 Å². The fourth-order valence-electron chi connectivity index (χ4n) is 1.78. The molecule has 3 heteroatoms. The Labute approximate surface area is 107 Å². The van der Waals surface area contributed by atoms with Gasteiger partial charge in [-0.2, -0.15) is 0 Å². The van der Waals surface area contributed by atoms with Gasteiger partial charge in [-0.1, -0.05) is 30.3 Å². The first-order valence-corrected chi connectivity index (χ1v) is 5.87. The summed E-state index contributed by atoms with van der Waals surface area (Å²) >= 11 is 0. The maximum Gasteiger partial charge on any atom is 0.345 e. The van der Waals surface area contributed by atoms with Crippen LogP contribution < -0.4 is 0 Å². The SMILES string of the molecule is C/C=C1\OC(C)(C)OC(=O)\C1=C/c1ccccc1. The van der Waals surface area contributed by atoms with E-state index in [-0.39, 0.29) is 5.97 Å². The topological polar surface area (TPSA) is 35.5 Å². The molecule has 0 bridgehead atoms. The number of allylic oxidation sites excluding steroid dienone is 1. The van der Waals surface area contributed by atoms with Crippen molar-refractivity contribution in [2.75, 3.05) is 0 Å². The van der Waals surface area contributed by atoms with Gasteiger partial charge in [0.15, 0.2) is 0 Å². The van der Waals surface area contributed by atoms with E-state index in [4.69, 9.17) is 9.47 Å². The predicted octanol–water partition coefficient (Wildman–Crippen LogP) is 3.28. The molecule has 0 saturated carbocycles. The average molecular weight is 244 g/mol. The summed E-state index contributed by atoms with van der Waals surface area (Å²) in [6, 6.07) is 9.61. The van der Waals surface area contributed by atoms with E-state index in [1.807, 2.05) is 37.3 Å². The number of esters is 1. The molecule has 0 spiro atoms. The molecule has 0 radical (unpaired) electrons. The lowest BCUT2D eigenvalue weighted by Crippen LogP contribution is -2.37. The molecule has 2 rings (SSSR count). The smallest absolute Gasteiger partial charge is 0.345 e. The Kier molecular flexibility index (Phi) is 3.24. The van der Waals surface area contributed by atoms with Gasteiger partial charge < -0.3 is 9.47 Å². The monoisotopic (exact) mass is 244 g/mol. The van der Waals surface area contributed by atoms with E-state index in [2.05, 4.69) is 0 Å². The molecule has 0 amide bonds. The quantitative estimate of drug-likeness (QED) is 0.561. The molecule has 18 heavy (non-hydrogen) atoms. The Balaban J connectivity index is 2.38. The van der Waals surface area contributed by atoms with E-state index < -0.39 is 5.79 Å². The predicted molar refractivity (Wildman–Crippen MR) is 69.4 cm³/mol. The lowest BCUT2D eigenvalue weighted by Gasteiger charge is -2.33. The number of cyclic esters (lactones) is 1. The van der Waals surface area contributed by atoms with Crippen molar-refractivity contribution in [2.45, 2.75) is 26.6 Å². The molecule has 1 heterocycles. The van der Waals surface area contributed by atoms with Crippen molar-refractivity contribution >= 4 is 12.0 Å². The lowest BCUT2D eigenvalue weighted by atomic mass is 10.1. The fraction of sp³-hybridized carbons (Fsp3) is 0.267. The summed E-state index contributed by atoms with van der Waals surface area (Å²) in [6.45, 7) is 5.27. The zero-order valence-electron chi connectivity index (χ0n) is 10.8. The van der Waals surface area contributed by atoms with Crippen LogP contribution in [0.4, 0.5) is 0 Å². The van der Waals surface area contributed by atoms with Crippen LogP contribution in [0.25, 0.3) is 6.08 Å². The zero-order valence-corrected chi connectivity index (χ0v) is 10.8. The van der Waals surface area contributed by atoms with Gasteiger partial charge in [-0.05, 0) is 24.6 Å². The maximum atomic E-state index is 12.0. The first kappa shape index (κ1) is 12.4. The Hall–Kier alpha value is -2.03. The van der Waals surface area contributed by atoms with Gasteiger partial charge in [0.05, 0.1) is 0 Å². The molecule has 1 aromatic carbocycles. The van der Waals surface area contributed by atoms with Gasteiger partial charge in [0.25, 0.3) is 0 Å². The number of carbonyl (C=O) groups is 1. The third-order valence-corrected chi connectivity index (χ3v) is 2.55. The molecule has 1 aliphatic rings. The minimum Gasteiger partial charge on any atom is -0.452 e. The van der Waals surface area contributed by atoms with Crippen LogP contribution in [0.1, 0.15) is 26.3 Å². The molecular weight excluding hydrogens is 228 g/mol. The number of ether oxygens (including phenoxy) is 2. The molecular formula is C15H16O3. The van der Waals surface area contributed by atoms with E-state index in [1.54, 1.807) is 26.0 Å². The van der Waals surface area contributed by atoms with Crippen LogP contribution in [0.5, 0.6) is 0 Å². The fourth-order valence-corrected chi connectivity index (χ4v) is 1.78. The summed E-state index contributed by atoms with van der Waals surface area (Å²) < 4.78 is 10.8. The number of rotatable bonds is 1. The van der Waals surface area contributed by atoms with E-state index >= 15 is 0 Å². The Morgan fingerprint density at radius 3 is 2.39 bits per heavy atom. The number of carbonyl (C=O) groups excluding carboxylic acids is 1. The minimum absolute atomic E-state index is 0.358. The largest absolute Gasteiger partial charge is 0.452 e. The second-order valence-electron chi connectivity index (χ2n) is 4.51. The van der Waals surface area contributed by atoms with Crippen LogP contribution in [-0.2, 0) is 14.3 Å². The van der Waals surface area contributed by atoms with E-state index in [0.717, 1.165) is 5.56 Å². The second-order valence-corrected chi connectivity index (χ2v) is 4.51. The highest BCUT2D eigenvalue weighted by molar-refractivity contribution is 5.98. The molecule has 0 aromatic heterocycles. The van der Waals surface area contributed by atoms with Crippen LogP contribution >= 0.6 is 0 Å². The molecule has 0 N–H and O–H groups in total. The Bertz CT molecular complexity index is 510. The van der Waals surface area contributed by atoms with Gasteiger partial charge in [0, 0.05) is 13.8 Å². The molecule has 0 atom stereocenters. The summed E-state index contributed by atoms with van der Waals surface area (Å²) in [7, 11) is 0. The molecule has 94 valence electrons. The minimum atomic E-state index is -0.910. The van der Waals surface area contributed by atoms with Gasteiger partial charge in [-0.15, -0.1) is 0 Å². The van der Waals surface area contributed by atoms with E-state index in [9.17, 15) is 4.79 Å². The van der Waals surface area contributed by atoms with Crippen molar-refractivity contribution in [1.82, 2.24) is 0 Å². The van der Waals surface area contributed by atoms with Crippen LogP contribution in [-0.4, -0.2) is 11.8 Å². The third-order valence-electron chi connectivity index (χ3n) is 2.55. The van der Waals surface area contributed by atoms with Crippen molar-refractivity contribution in [1.29, 1.82) is 0 Å². The van der Waals surface area contributed by atoms with Crippen LogP contribution in [0, 0.1) is 0 Å². The van der Waals surface area contributed by atoms with Crippen LogP contribution in [0.2, 0.25) is 0 Å². The first-order chi connectivity index (χ1) is 8.52. The van der Waals surface area contributed by atoms with Crippen molar-refractivity contribution in [3.63, 3.8) is 0 Å². The summed E-state index contributed by atoms with van der Waals surface area (Å²) in [6.07, 6.45) is 3.55. The maximum absolute atomic E-state index is 12.0. The molecule has 0 unspecified atom stereocenters. The molecule has 1 aliphatic heterocycles. The van der Waals surface area contributed by atoms with Crippen molar-refractivity contribution in [2.24, 2.45) is 0 Å². The molecule has 1 fully saturated rings. The van der Waals surface area contributed by atoms with E-state index in [1.165, 1.54) is 0 Å². The molecule has 1 saturated heterocycles. The highest BCUT2D eigenvalue weighted by Crippen LogP contribution is 2.30. The number of hydrogen-bond donors (Lipinski definition) is 0.